The summed E-state index contributed by atoms with van der Waals surface area (Å²) in [4.78, 5) is 7.80. The number of nitrogens with two attached hydrogens (primary N) is 1. The van der Waals surface area contributed by atoms with E-state index in [0.29, 0.717) is 6.54 Å². The van der Waals surface area contributed by atoms with E-state index in [1.54, 1.807) is 0 Å². The fraction of sp³-hybridized carbons (Fsp3) is 0.500. The number of aromatic amines is 1. The molecule has 2 aromatic heterocycles. The highest BCUT2D eigenvalue weighted by Gasteiger charge is 2.16. The van der Waals surface area contributed by atoms with Crippen LogP contribution < -0.4 is 5.73 Å². The van der Waals surface area contributed by atoms with Crippen LogP contribution in [0.1, 0.15) is 29.9 Å². The van der Waals surface area contributed by atoms with Gasteiger partial charge in [0.25, 0.3) is 0 Å². The number of nitrogens with one attached hydrogen (secondary N) is 1. The fourth-order valence-electron chi connectivity index (χ4n) is 2.23. The first-order valence-electron chi connectivity index (χ1n) is 5.16. The average Bonchev–Trinajstić information content (AvgIpc) is 2.73. The van der Waals surface area contributed by atoms with Crippen molar-refractivity contribution < 1.29 is 0 Å². The fourth-order valence-corrected chi connectivity index (χ4v) is 2.23. The van der Waals surface area contributed by atoms with Crippen LogP contribution in [0.15, 0.2) is 6.20 Å². The van der Waals surface area contributed by atoms with Crippen LogP contribution in [0.2, 0.25) is 0 Å². The third-order valence-corrected chi connectivity index (χ3v) is 2.95. The molecule has 14 heavy (non-hydrogen) atoms. The minimum absolute atomic E-state index is 0.554. The van der Waals surface area contributed by atoms with E-state index in [4.69, 9.17) is 5.73 Å². The van der Waals surface area contributed by atoms with Gasteiger partial charge in [0.1, 0.15) is 0 Å². The van der Waals surface area contributed by atoms with Crippen molar-refractivity contribution in [1.82, 2.24) is 14.4 Å². The molecule has 0 saturated heterocycles. The monoisotopic (exact) mass is 190 g/mol. The van der Waals surface area contributed by atoms with E-state index in [-0.39, 0.29) is 0 Å². The van der Waals surface area contributed by atoms with Gasteiger partial charge in [0.05, 0.1) is 5.69 Å². The molecule has 0 saturated carbocycles. The molecule has 3 N–H and O–H groups in total. The van der Waals surface area contributed by atoms with Gasteiger partial charge in [0.15, 0.2) is 0 Å². The van der Waals surface area contributed by atoms with Gasteiger partial charge in [-0.15, -0.1) is 0 Å². The van der Waals surface area contributed by atoms with E-state index in [2.05, 4.69) is 20.6 Å². The molecule has 4 heteroatoms. The van der Waals surface area contributed by atoms with E-state index in [9.17, 15) is 0 Å². The topological polar surface area (TPSA) is 59.1 Å². The Morgan fingerprint density at radius 3 is 3.14 bits per heavy atom. The summed E-state index contributed by atoms with van der Waals surface area (Å²) in [5, 5.41) is 0. The largest absolute Gasteiger partial charge is 0.326 e. The Hall–Kier alpha value is -1.29. The second-order valence-electron chi connectivity index (χ2n) is 3.89. The lowest BCUT2D eigenvalue weighted by molar-refractivity contribution is 0.659. The van der Waals surface area contributed by atoms with E-state index in [1.165, 1.54) is 24.2 Å². The lowest BCUT2D eigenvalue weighted by Gasteiger charge is -2.09. The van der Waals surface area contributed by atoms with Gasteiger partial charge in [-0.2, -0.15) is 0 Å². The zero-order valence-corrected chi connectivity index (χ0v) is 8.08. The van der Waals surface area contributed by atoms with Crippen LogP contribution in [-0.2, 0) is 19.4 Å². The molecule has 2 heterocycles. The maximum Gasteiger partial charge on any atom is 0.211 e. The van der Waals surface area contributed by atoms with Gasteiger partial charge < -0.3 is 10.7 Å². The van der Waals surface area contributed by atoms with Crippen molar-refractivity contribution in [3.63, 3.8) is 0 Å². The molecule has 4 nitrogen and oxygen atoms in total. The predicted octanol–water partition coefficient (Wildman–Crippen LogP) is 1.000. The van der Waals surface area contributed by atoms with Gasteiger partial charge in [-0.1, -0.05) is 0 Å². The Morgan fingerprint density at radius 1 is 1.43 bits per heavy atom. The van der Waals surface area contributed by atoms with Crippen LogP contribution in [0, 0.1) is 0 Å². The molecule has 1 aliphatic carbocycles. The summed E-state index contributed by atoms with van der Waals surface area (Å²) in [6.07, 6.45) is 6.91. The van der Waals surface area contributed by atoms with Gasteiger partial charge in [0, 0.05) is 24.1 Å². The zero-order chi connectivity index (χ0) is 9.54. The highest BCUT2D eigenvalue weighted by atomic mass is 15.1. The molecule has 74 valence electrons. The van der Waals surface area contributed by atoms with Crippen LogP contribution in [-0.4, -0.2) is 14.4 Å². The van der Waals surface area contributed by atoms with Crippen LogP contribution in [0.25, 0.3) is 5.78 Å². The molecular weight excluding hydrogens is 176 g/mol. The smallest absolute Gasteiger partial charge is 0.211 e. The van der Waals surface area contributed by atoms with Crippen molar-refractivity contribution in [2.75, 3.05) is 0 Å². The summed E-state index contributed by atoms with van der Waals surface area (Å²) in [6, 6.07) is 0. The lowest BCUT2D eigenvalue weighted by Crippen LogP contribution is -2.03. The summed E-state index contributed by atoms with van der Waals surface area (Å²) in [6.45, 7) is 0.554. The second kappa shape index (κ2) is 2.85. The van der Waals surface area contributed by atoms with Crippen molar-refractivity contribution in [2.24, 2.45) is 5.73 Å². The van der Waals surface area contributed by atoms with Crippen LogP contribution in [0.4, 0.5) is 0 Å². The Labute approximate surface area is 82.1 Å². The molecule has 0 amide bonds. The molecule has 0 aromatic carbocycles. The summed E-state index contributed by atoms with van der Waals surface area (Å²) in [5.74, 6) is 0.956. The van der Waals surface area contributed by atoms with Gasteiger partial charge in [-0.3, -0.25) is 4.40 Å². The van der Waals surface area contributed by atoms with Crippen LogP contribution >= 0.6 is 0 Å². The van der Waals surface area contributed by atoms with E-state index >= 15 is 0 Å². The van der Waals surface area contributed by atoms with Crippen LogP contribution in [0.5, 0.6) is 0 Å². The molecular formula is C10H14N4. The van der Waals surface area contributed by atoms with Crippen molar-refractivity contribution in [1.29, 1.82) is 0 Å². The minimum atomic E-state index is 0.554. The normalized spacial score (nSPS) is 16.1. The number of hydrogen-bond acceptors (Lipinski definition) is 2. The van der Waals surface area contributed by atoms with Crippen LogP contribution in [0.3, 0.4) is 0 Å². The summed E-state index contributed by atoms with van der Waals surface area (Å²) in [5.41, 5.74) is 9.28. The van der Waals surface area contributed by atoms with Crippen molar-refractivity contribution in [3.8, 4) is 0 Å². The number of H-pyrrole nitrogens is 1. The predicted molar refractivity (Wildman–Crippen MR) is 54.1 cm³/mol. The van der Waals surface area contributed by atoms with Crippen molar-refractivity contribution in [2.45, 2.75) is 32.2 Å². The molecule has 0 aliphatic heterocycles. The number of aryl methyl sites for hydroxylation is 2. The summed E-state index contributed by atoms with van der Waals surface area (Å²) < 4.78 is 2.16. The maximum atomic E-state index is 5.58. The average molecular weight is 190 g/mol. The molecule has 0 fully saturated rings. The highest BCUT2D eigenvalue weighted by Crippen LogP contribution is 2.22. The first kappa shape index (κ1) is 8.05. The molecule has 3 rings (SSSR count). The lowest BCUT2D eigenvalue weighted by atomic mass is 10.0. The van der Waals surface area contributed by atoms with Crippen molar-refractivity contribution in [3.05, 3.63) is 23.3 Å². The number of rotatable bonds is 1. The third-order valence-electron chi connectivity index (χ3n) is 2.95. The number of imidazole rings is 2. The van der Waals surface area contributed by atoms with Gasteiger partial charge in [0.2, 0.25) is 5.78 Å². The number of fused-ring (bicyclic) bond motifs is 3. The minimum Gasteiger partial charge on any atom is -0.326 e. The van der Waals surface area contributed by atoms with E-state index < -0.39 is 0 Å². The number of aromatic nitrogens is 3. The van der Waals surface area contributed by atoms with Gasteiger partial charge in [-0.25, -0.2) is 4.98 Å². The van der Waals surface area contributed by atoms with Gasteiger partial charge in [-0.05, 0) is 25.7 Å². The Morgan fingerprint density at radius 2 is 2.29 bits per heavy atom. The quantitative estimate of drug-likeness (QED) is 0.704. The first-order valence-corrected chi connectivity index (χ1v) is 5.16. The number of nitrogens with zero attached hydrogens (tertiary/aromatic N) is 2. The molecule has 2 aromatic rings. The Balaban J connectivity index is 2.21. The third kappa shape index (κ3) is 1.00. The summed E-state index contributed by atoms with van der Waals surface area (Å²) >= 11 is 0. The van der Waals surface area contributed by atoms with Gasteiger partial charge >= 0.3 is 0 Å². The van der Waals surface area contributed by atoms with E-state index in [1.807, 2.05) is 0 Å². The van der Waals surface area contributed by atoms with E-state index in [0.717, 1.165) is 24.3 Å². The first-order chi connectivity index (χ1) is 6.88. The maximum absolute atomic E-state index is 5.58. The molecule has 1 aliphatic rings. The Kier molecular flexibility index (Phi) is 1.64. The second-order valence-corrected chi connectivity index (χ2v) is 3.89. The molecule has 0 unspecified atom stereocenters. The standard InChI is InChI=1S/C10H14N4/c11-5-7-6-14-9-4-2-1-3-8(9)13-10(14)12-7/h6H,1-5,11H2,(H,12,13). The Bertz CT molecular complexity index is 466. The van der Waals surface area contributed by atoms with Crippen molar-refractivity contribution >= 4 is 5.78 Å². The zero-order valence-electron chi connectivity index (χ0n) is 8.08. The molecule has 0 bridgehead atoms. The SMILES string of the molecule is NCc1cn2c3c(nc2[nH]1)CCCC3. The molecule has 0 radical (unpaired) electrons. The molecule has 0 atom stereocenters. The molecule has 0 spiro atoms. The highest BCUT2D eigenvalue weighted by molar-refractivity contribution is 5.39. The summed E-state index contributed by atoms with van der Waals surface area (Å²) in [7, 11) is 0. The number of hydrogen-bond donors (Lipinski definition) is 2.